The lowest BCUT2D eigenvalue weighted by atomic mass is 10.2. The standard InChI is InChI=1S/C9H7FN2S/c10-7-3-5(13)4-8-6(7)1-2-9(11)12-8/h1-4,13H,(H2,11,12). The monoisotopic (exact) mass is 194 g/mol. The first kappa shape index (κ1) is 8.31. The molecule has 0 bridgehead atoms. The minimum Gasteiger partial charge on any atom is -0.384 e. The average molecular weight is 194 g/mol. The zero-order valence-corrected chi connectivity index (χ0v) is 7.55. The van der Waals surface area contributed by atoms with Crippen LogP contribution in [0.1, 0.15) is 0 Å². The zero-order valence-electron chi connectivity index (χ0n) is 6.66. The van der Waals surface area contributed by atoms with Gasteiger partial charge in [0.2, 0.25) is 0 Å². The summed E-state index contributed by atoms with van der Waals surface area (Å²) in [7, 11) is 0. The molecule has 66 valence electrons. The van der Waals surface area contributed by atoms with E-state index in [1.165, 1.54) is 6.07 Å². The third-order valence-electron chi connectivity index (χ3n) is 1.76. The Bertz CT molecular complexity index is 465. The van der Waals surface area contributed by atoms with Crippen molar-refractivity contribution in [2.45, 2.75) is 4.90 Å². The van der Waals surface area contributed by atoms with Gasteiger partial charge < -0.3 is 5.73 Å². The van der Waals surface area contributed by atoms with Crippen molar-refractivity contribution in [2.24, 2.45) is 0 Å². The average Bonchev–Trinajstić information content (AvgIpc) is 2.02. The second kappa shape index (κ2) is 2.88. The number of nitrogens with zero attached hydrogens (tertiary/aromatic N) is 1. The van der Waals surface area contributed by atoms with Crippen molar-refractivity contribution in [3.8, 4) is 0 Å². The fourth-order valence-electron chi connectivity index (χ4n) is 1.19. The fourth-order valence-corrected chi connectivity index (χ4v) is 1.43. The predicted octanol–water partition coefficient (Wildman–Crippen LogP) is 2.24. The maximum atomic E-state index is 13.2. The molecule has 0 amide bonds. The Kier molecular flexibility index (Phi) is 1.84. The lowest BCUT2D eigenvalue weighted by Gasteiger charge is -2.00. The summed E-state index contributed by atoms with van der Waals surface area (Å²) < 4.78 is 13.2. The summed E-state index contributed by atoms with van der Waals surface area (Å²) in [5.41, 5.74) is 6.00. The van der Waals surface area contributed by atoms with Crippen LogP contribution in [0, 0.1) is 5.82 Å². The summed E-state index contributed by atoms with van der Waals surface area (Å²) in [5, 5.41) is 0.465. The van der Waals surface area contributed by atoms with Crippen molar-refractivity contribution in [3.05, 3.63) is 30.1 Å². The number of hydrogen-bond acceptors (Lipinski definition) is 3. The van der Waals surface area contributed by atoms with Crippen molar-refractivity contribution in [1.82, 2.24) is 4.98 Å². The van der Waals surface area contributed by atoms with E-state index in [2.05, 4.69) is 17.6 Å². The van der Waals surface area contributed by atoms with Gasteiger partial charge in [-0.2, -0.15) is 0 Å². The van der Waals surface area contributed by atoms with Crippen LogP contribution in [0.5, 0.6) is 0 Å². The molecule has 0 spiro atoms. The molecule has 0 saturated heterocycles. The minimum atomic E-state index is -0.324. The van der Waals surface area contributed by atoms with Gasteiger partial charge in [-0.05, 0) is 24.3 Å². The molecule has 4 heteroatoms. The quantitative estimate of drug-likeness (QED) is 0.631. The van der Waals surface area contributed by atoms with Crippen LogP contribution in [0.4, 0.5) is 10.2 Å². The third kappa shape index (κ3) is 1.45. The SMILES string of the molecule is Nc1ccc2c(F)cc(S)cc2n1. The van der Waals surface area contributed by atoms with E-state index in [-0.39, 0.29) is 5.82 Å². The van der Waals surface area contributed by atoms with E-state index < -0.39 is 0 Å². The molecule has 0 atom stereocenters. The van der Waals surface area contributed by atoms with E-state index in [1.807, 2.05) is 0 Å². The summed E-state index contributed by atoms with van der Waals surface area (Å²) in [6, 6.07) is 6.21. The molecule has 0 aliphatic heterocycles. The van der Waals surface area contributed by atoms with Crippen molar-refractivity contribution in [1.29, 1.82) is 0 Å². The van der Waals surface area contributed by atoms with Crippen molar-refractivity contribution in [2.75, 3.05) is 5.73 Å². The van der Waals surface area contributed by atoms with Crippen LogP contribution in [0.3, 0.4) is 0 Å². The summed E-state index contributed by atoms with van der Waals surface area (Å²) in [6.07, 6.45) is 0. The number of halogens is 1. The molecule has 1 aromatic heterocycles. The van der Waals surface area contributed by atoms with E-state index in [0.29, 0.717) is 21.6 Å². The molecule has 2 N–H and O–H groups in total. The molecule has 0 saturated carbocycles. The molecule has 2 nitrogen and oxygen atoms in total. The van der Waals surface area contributed by atoms with Gasteiger partial charge in [0.1, 0.15) is 11.6 Å². The number of nitrogens with two attached hydrogens (primary N) is 1. The predicted molar refractivity (Wildman–Crippen MR) is 53.4 cm³/mol. The number of benzene rings is 1. The molecular formula is C9H7FN2S. The Morgan fingerprint density at radius 2 is 2.08 bits per heavy atom. The van der Waals surface area contributed by atoms with Gasteiger partial charge in [0.15, 0.2) is 0 Å². The topological polar surface area (TPSA) is 38.9 Å². The van der Waals surface area contributed by atoms with Gasteiger partial charge in [0.05, 0.1) is 5.52 Å². The van der Waals surface area contributed by atoms with Gasteiger partial charge in [-0.25, -0.2) is 9.37 Å². The highest BCUT2D eigenvalue weighted by atomic mass is 32.1. The van der Waals surface area contributed by atoms with Gasteiger partial charge in [-0.1, -0.05) is 0 Å². The molecule has 0 aliphatic carbocycles. The summed E-state index contributed by atoms with van der Waals surface area (Å²) >= 11 is 4.04. The molecular weight excluding hydrogens is 187 g/mol. The van der Waals surface area contributed by atoms with Crippen LogP contribution < -0.4 is 5.73 Å². The normalized spacial score (nSPS) is 10.6. The number of hydrogen-bond donors (Lipinski definition) is 2. The second-order valence-corrected chi connectivity index (χ2v) is 3.25. The number of fused-ring (bicyclic) bond motifs is 1. The van der Waals surface area contributed by atoms with Gasteiger partial charge >= 0.3 is 0 Å². The molecule has 0 fully saturated rings. The Labute approximate surface area is 80.0 Å². The van der Waals surface area contributed by atoms with Crippen molar-refractivity contribution < 1.29 is 4.39 Å². The number of aromatic nitrogens is 1. The molecule has 2 aromatic rings. The van der Waals surface area contributed by atoms with E-state index in [9.17, 15) is 4.39 Å². The highest BCUT2D eigenvalue weighted by molar-refractivity contribution is 7.80. The number of anilines is 1. The van der Waals surface area contributed by atoms with E-state index in [1.54, 1.807) is 18.2 Å². The Balaban J connectivity index is 2.86. The zero-order chi connectivity index (χ0) is 9.42. The lowest BCUT2D eigenvalue weighted by Crippen LogP contribution is -1.91. The van der Waals surface area contributed by atoms with Crippen LogP contribution in [0.2, 0.25) is 0 Å². The molecule has 13 heavy (non-hydrogen) atoms. The van der Waals surface area contributed by atoms with Crippen LogP contribution in [-0.2, 0) is 0 Å². The van der Waals surface area contributed by atoms with Crippen LogP contribution in [0.25, 0.3) is 10.9 Å². The highest BCUT2D eigenvalue weighted by Gasteiger charge is 2.02. The minimum absolute atomic E-state index is 0.324. The molecule has 0 radical (unpaired) electrons. The molecule has 0 aliphatic rings. The van der Waals surface area contributed by atoms with Crippen molar-refractivity contribution in [3.63, 3.8) is 0 Å². The first-order valence-electron chi connectivity index (χ1n) is 3.71. The number of thiol groups is 1. The van der Waals surface area contributed by atoms with Gasteiger partial charge in [0, 0.05) is 10.3 Å². The first-order chi connectivity index (χ1) is 6.16. The van der Waals surface area contributed by atoms with E-state index in [4.69, 9.17) is 5.73 Å². The van der Waals surface area contributed by atoms with Gasteiger partial charge in [0.25, 0.3) is 0 Å². The van der Waals surface area contributed by atoms with Crippen LogP contribution >= 0.6 is 12.6 Å². The Hall–Kier alpha value is -1.29. The lowest BCUT2D eigenvalue weighted by molar-refractivity contribution is 0.636. The van der Waals surface area contributed by atoms with Gasteiger partial charge in [-0.15, -0.1) is 12.6 Å². The Morgan fingerprint density at radius 1 is 1.31 bits per heavy atom. The summed E-state index contributed by atoms with van der Waals surface area (Å²) in [5.74, 6) is 0.0563. The van der Waals surface area contributed by atoms with Crippen LogP contribution in [-0.4, -0.2) is 4.98 Å². The van der Waals surface area contributed by atoms with Crippen LogP contribution in [0.15, 0.2) is 29.2 Å². The summed E-state index contributed by atoms with van der Waals surface area (Å²) in [6.45, 7) is 0. The maximum absolute atomic E-state index is 13.2. The number of nitrogen functional groups attached to an aromatic ring is 1. The summed E-state index contributed by atoms with van der Waals surface area (Å²) in [4.78, 5) is 4.53. The molecule has 0 unspecified atom stereocenters. The first-order valence-corrected chi connectivity index (χ1v) is 4.16. The highest BCUT2D eigenvalue weighted by Crippen LogP contribution is 2.21. The van der Waals surface area contributed by atoms with Crippen molar-refractivity contribution >= 4 is 29.3 Å². The number of rotatable bonds is 0. The van der Waals surface area contributed by atoms with E-state index >= 15 is 0 Å². The van der Waals surface area contributed by atoms with E-state index in [0.717, 1.165) is 0 Å². The maximum Gasteiger partial charge on any atom is 0.133 e. The second-order valence-electron chi connectivity index (χ2n) is 2.73. The molecule has 2 rings (SSSR count). The number of pyridine rings is 1. The van der Waals surface area contributed by atoms with Gasteiger partial charge in [-0.3, -0.25) is 0 Å². The fraction of sp³-hybridized carbons (Fsp3) is 0. The largest absolute Gasteiger partial charge is 0.384 e. The molecule has 1 heterocycles. The molecule has 1 aromatic carbocycles. The smallest absolute Gasteiger partial charge is 0.133 e. The Morgan fingerprint density at radius 3 is 2.85 bits per heavy atom. The third-order valence-corrected chi connectivity index (χ3v) is 2.02.